The molecule has 1 amide bonds. The number of rotatable bonds is 6. The summed E-state index contributed by atoms with van der Waals surface area (Å²) in [6, 6.07) is 11.4. The van der Waals surface area contributed by atoms with Gasteiger partial charge in [0.25, 0.3) is 0 Å². The van der Waals surface area contributed by atoms with Crippen LogP contribution in [-0.2, 0) is 11.2 Å². The molecule has 1 aliphatic heterocycles. The third-order valence-corrected chi connectivity index (χ3v) is 5.38. The molecule has 0 aromatic heterocycles. The highest BCUT2D eigenvalue weighted by atomic mass is 19.1. The van der Waals surface area contributed by atoms with E-state index in [1.54, 1.807) is 18.2 Å². The summed E-state index contributed by atoms with van der Waals surface area (Å²) in [7, 11) is 0. The highest BCUT2D eigenvalue weighted by molar-refractivity contribution is 5.90. The van der Waals surface area contributed by atoms with Gasteiger partial charge in [-0.15, -0.1) is 0 Å². The van der Waals surface area contributed by atoms with E-state index in [9.17, 15) is 23.9 Å². The first-order valence-electron chi connectivity index (χ1n) is 9.81. The molecule has 29 heavy (non-hydrogen) atoms. The fourth-order valence-corrected chi connectivity index (χ4v) is 3.83. The van der Waals surface area contributed by atoms with Crippen LogP contribution in [0, 0.1) is 11.6 Å². The van der Waals surface area contributed by atoms with Gasteiger partial charge in [-0.3, -0.25) is 4.79 Å². The molecule has 7 heteroatoms. The summed E-state index contributed by atoms with van der Waals surface area (Å²) in [6.45, 7) is 0.420. The number of halogens is 2. The molecule has 2 aromatic rings. The Morgan fingerprint density at radius 1 is 1.17 bits per heavy atom. The molecular weight excluding hydrogens is 378 g/mol. The standard InChI is InChI=1S/C22H26F2N2O3/c23-17-7-5-16(6-8-17)13-20-15-22(28,10-2-12-26(20)29)11-9-21(27)25-19-4-1-3-18(24)14-19/h1,3-8,14,20,28-29H,2,9-13,15H2,(H,25,27). The van der Waals surface area contributed by atoms with Crippen LogP contribution in [0.4, 0.5) is 14.5 Å². The zero-order chi connectivity index (χ0) is 20.9. The number of amides is 1. The van der Waals surface area contributed by atoms with Crippen molar-refractivity contribution in [3.05, 3.63) is 65.7 Å². The van der Waals surface area contributed by atoms with Crippen LogP contribution in [0.1, 0.15) is 37.7 Å². The number of aliphatic hydroxyl groups is 1. The zero-order valence-corrected chi connectivity index (χ0v) is 16.2. The second kappa shape index (κ2) is 9.43. The molecular formula is C22H26F2N2O3. The molecule has 0 saturated carbocycles. The SMILES string of the molecule is O=C(CCC1(O)CCCN(O)C(Cc2ccc(F)cc2)C1)Nc1cccc(F)c1. The number of carbonyl (C=O) groups excluding carboxylic acids is 1. The number of nitrogens with zero attached hydrogens (tertiary/aromatic N) is 1. The average molecular weight is 404 g/mol. The topological polar surface area (TPSA) is 72.8 Å². The molecule has 3 rings (SSSR count). The highest BCUT2D eigenvalue weighted by Gasteiger charge is 2.36. The maximum Gasteiger partial charge on any atom is 0.224 e. The lowest BCUT2D eigenvalue weighted by Gasteiger charge is -2.31. The molecule has 0 bridgehead atoms. The molecule has 1 fully saturated rings. The van der Waals surface area contributed by atoms with Crippen LogP contribution in [0.3, 0.4) is 0 Å². The summed E-state index contributed by atoms with van der Waals surface area (Å²) in [5.74, 6) is -1.06. The Morgan fingerprint density at radius 3 is 2.66 bits per heavy atom. The van der Waals surface area contributed by atoms with Crippen molar-refractivity contribution in [3.63, 3.8) is 0 Å². The van der Waals surface area contributed by atoms with Crippen molar-refractivity contribution >= 4 is 11.6 Å². The maximum absolute atomic E-state index is 13.2. The third-order valence-electron chi connectivity index (χ3n) is 5.38. The Kier molecular flexibility index (Phi) is 6.95. The fraction of sp³-hybridized carbons (Fsp3) is 0.409. The van der Waals surface area contributed by atoms with Gasteiger partial charge in [0.2, 0.25) is 5.91 Å². The van der Waals surface area contributed by atoms with Gasteiger partial charge >= 0.3 is 0 Å². The Morgan fingerprint density at radius 2 is 1.93 bits per heavy atom. The number of benzene rings is 2. The summed E-state index contributed by atoms with van der Waals surface area (Å²) in [4.78, 5) is 12.2. The van der Waals surface area contributed by atoms with E-state index in [1.165, 1.54) is 35.4 Å². The minimum atomic E-state index is -1.10. The quantitative estimate of drug-likeness (QED) is 0.683. The molecule has 1 saturated heterocycles. The first kappa shape index (κ1) is 21.4. The van der Waals surface area contributed by atoms with E-state index in [0.717, 1.165) is 5.56 Å². The zero-order valence-electron chi connectivity index (χ0n) is 16.2. The molecule has 0 aliphatic carbocycles. The molecule has 0 radical (unpaired) electrons. The molecule has 1 heterocycles. The lowest BCUT2D eigenvalue weighted by molar-refractivity contribution is -0.133. The average Bonchev–Trinajstić information content (AvgIpc) is 2.81. The lowest BCUT2D eigenvalue weighted by Crippen LogP contribution is -2.39. The van der Waals surface area contributed by atoms with Gasteiger partial charge in [-0.1, -0.05) is 18.2 Å². The van der Waals surface area contributed by atoms with Gasteiger partial charge in [-0.2, -0.15) is 5.06 Å². The number of nitrogens with one attached hydrogen (secondary N) is 1. The van der Waals surface area contributed by atoms with E-state index >= 15 is 0 Å². The van der Waals surface area contributed by atoms with Crippen LogP contribution >= 0.6 is 0 Å². The van der Waals surface area contributed by atoms with E-state index in [1.807, 2.05) is 0 Å². The molecule has 156 valence electrons. The summed E-state index contributed by atoms with van der Waals surface area (Å²) < 4.78 is 26.4. The number of carbonyl (C=O) groups is 1. The number of hydrogen-bond donors (Lipinski definition) is 3. The van der Waals surface area contributed by atoms with Gasteiger partial charge in [-0.25, -0.2) is 8.78 Å². The van der Waals surface area contributed by atoms with Gasteiger partial charge in [0, 0.05) is 24.7 Å². The first-order valence-corrected chi connectivity index (χ1v) is 9.81. The minimum Gasteiger partial charge on any atom is -0.390 e. The third kappa shape index (κ3) is 6.32. The van der Waals surface area contributed by atoms with Crippen molar-refractivity contribution in [1.82, 2.24) is 5.06 Å². The number of hydroxylamine groups is 2. The van der Waals surface area contributed by atoms with E-state index in [-0.39, 0.29) is 30.6 Å². The molecule has 2 aromatic carbocycles. The van der Waals surface area contributed by atoms with Crippen molar-refractivity contribution in [2.75, 3.05) is 11.9 Å². The van der Waals surface area contributed by atoms with Crippen molar-refractivity contribution in [2.45, 2.75) is 50.2 Å². The van der Waals surface area contributed by atoms with Crippen LogP contribution in [0.5, 0.6) is 0 Å². The molecule has 5 nitrogen and oxygen atoms in total. The van der Waals surface area contributed by atoms with Crippen LogP contribution in [0.15, 0.2) is 48.5 Å². The van der Waals surface area contributed by atoms with Crippen LogP contribution in [-0.4, -0.2) is 39.5 Å². The second-order valence-electron chi connectivity index (χ2n) is 7.74. The number of anilines is 1. The van der Waals surface area contributed by atoms with Crippen molar-refractivity contribution in [2.24, 2.45) is 0 Å². The Hall–Kier alpha value is -2.35. The lowest BCUT2D eigenvalue weighted by atomic mass is 9.85. The van der Waals surface area contributed by atoms with Crippen molar-refractivity contribution in [3.8, 4) is 0 Å². The number of hydrogen-bond acceptors (Lipinski definition) is 4. The monoisotopic (exact) mass is 404 g/mol. The van der Waals surface area contributed by atoms with Crippen LogP contribution < -0.4 is 5.32 Å². The van der Waals surface area contributed by atoms with Crippen LogP contribution in [0.25, 0.3) is 0 Å². The van der Waals surface area contributed by atoms with Gasteiger partial charge in [0.15, 0.2) is 0 Å². The van der Waals surface area contributed by atoms with E-state index in [0.29, 0.717) is 37.9 Å². The molecule has 1 aliphatic rings. The van der Waals surface area contributed by atoms with Gasteiger partial charge in [-0.05, 0) is 68.0 Å². The predicted molar refractivity (Wildman–Crippen MR) is 105 cm³/mol. The van der Waals surface area contributed by atoms with Gasteiger partial charge in [0.05, 0.1) is 5.60 Å². The van der Waals surface area contributed by atoms with Crippen molar-refractivity contribution < 1.29 is 23.9 Å². The van der Waals surface area contributed by atoms with E-state index < -0.39 is 11.4 Å². The minimum absolute atomic E-state index is 0.0850. The first-order chi connectivity index (χ1) is 13.8. The highest BCUT2D eigenvalue weighted by Crippen LogP contribution is 2.31. The maximum atomic E-state index is 13.2. The normalized spacial score (nSPS) is 22.8. The summed E-state index contributed by atoms with van der Waals surface area (Å²) >= 11 is 0. The van der Waals surface area contributed by atoms with Gasteiger partial charge in [0.1, 0.15) is 11.6 Å². The molecule has 0 spiro atoms. The molecule has 2 atom stereocenters. The summed E-state index contributed by atoms with van der Waals surface area (Å²) in [5.41, 5.74) is 0.142. The Labute approximate surface area is 168 Å². The van der Waals surface area contributed by atoms with E-state index in [2.05, 4.69) is 5.32 Å². The smallest absolute Gasteiger partial charge is 0.224 e. The fourth-order valence-electron chi connectivity index (χ4n) is 3.83. The van der Waals surface area contributed by atoms with Crippen molar-refractivity contribution in [1.29, 1.82) is 0 Å². The molecule has 3 N–H and O–H groups in total. The molecule has 2 unspecified atom stereocenters. The summed E-state index contributed by atoms with van der Waals surface area (Å²) in [5, 5.41) is 25.3. The summed E-state index contributed by atoms with van der Waals surface area (Å²) in [6.07, 6.45) is 2.15. The second-order valence-corrected chi connectivity index (χ2v) is 7.74. The predicted octanol–water partition coefficient (Wildman–Crippen LogP) is 3.90. The van der Waals surface area contributed by atoms with Gasteiger partial charge < -0.3 is 15.6 Å². The Bertz CT molecular complexity index is 831. The Balaban J connectivity index is 1.59. The van der Waals surface area contributed by atoms with Crippen LogP contribution in [0.2, 0.25) is 0 Å². The van der Waals surface area contributed by atoms with E-state index in [4.69, 9.17) is 0 Å². The largest absolute Gasteiger partial charge is 0.390 e.